The van der Waals surface area contributed by atoms with Crippen LogP contribution in [0.3, 0.4) is 0 Å². The Kier molecular flexibility index (Phi) is 5.19. The molecular formula is C36H25N. The maximum atomic E-state index is 2.43. The lowest BCUT2D eigenvalue weighted by Crippen LogP contribution is -1.97. The van der Waals surface area contributed by atoms with Gasteiger partial charge < -0.3 is 4.57 Å². The zero-order valence-corrected chi connectivity index (χ0v) is 20.4. The molecule has 0 bridgehead atoms. The first-order valence-corrected chi connectivity index (χ1v) is 12.7. The van der Waals surface area contributed by atoms with Gasteiger partial charge in [0.2, 0.25) is 0 Å². The van der Waals surface area contributed by atoms with Crippen molar-refractivity contribution in [1.82, 2.24) is 4.57 Å². The Hall–Kier alpha value is -4.88. The average Bonchev–Trinajstić information content (AvgIpc) is 3.32. The summed E-state index contributed by atoms with van der Waals surface area (Å²) in [7, 11) is 0. The SMILES string of the molecule is c1ccc(-c2ccc(-c3ccc4c5ccccc5n(-c5ccccc5-c5ccccc5)c4c3)cc2)cc1. The third-order valence-corrected chi connectivity index (χ3v) is 7.23. The Labute approximate surface area is 216 Å². The minimum absolute atomic E-state index is 1.19. The summed E-state index contributed by atoms with van der Waals surface area (Å²) in [6.45, 7) is 0. The third kappa shape index (κ3) is 3.73. The van der Waals surface area contributed by atoms with Crippen LogP contribution in [0.15, 0.2) is 152 Å². The molecule has 1 heterocycles. The first-order valence-electron chi connectivity index (χ1n) is 12.7. The average molecular weight is 472 g/mol. The smallest absolute Gasteiger partial charge is 0.0547 e. The summed E-state index contributed by atoms with van der Waals surface area (Å²) < 4.78 is 2.43. The molecule has 0 aliphatic carbocycles. The number of nitrogens with zero attached hydrogens (tertiary/aromatic N) is 1. The van der Waals surface area contributed by atoms with Gasteiger partial charge in [-0.3, -0.25) is 0 Å². The molecule has 0 fully saturated rings. The summed E-state index contributed by atoms with van der Waals surface area (Å²) in [5, 5.41) is 2.54. The zero-order chi connectivity index (χ0) is 24.6. The van der Waals surface area contributed by atoms with Crippen LogP contribution < -0.4 is 0 Å². The summed E-state index contributed by atoms with van der Waals surface area (Å²) in [6.07, 6.45) is 0. The molecule has 7 rings (SSSR count). The molecule has 0 radical (unpaired) electrons. The minimum Gasteiger partial charge on any atom is -0.309 e. The fourth-order valence-corrected chi connectivity index (χ4v) is 5.43. The predicted molar refractivity (Wildman–Crippen MR) is 157 cm³/mol. The quantitative estimate of drug-likeness (QED) is 0.241. The zero-order valence-electron chi connectivity index (χ0n) is 20.4. The maximum absolute atomic E-state index is 2.43. The van der Waals surface area contributed by atoms with E-state index in [0.29, 0.717) is 0 Å². The van der Waals surface area contributed by atoms with Crippen molar-refractivity contribution in [3.63, 3.8) is 0 Å². The van der Waals surface area contributed by atoms with Crippen LogP contribution in [0.1, 0.15) is 0 Å². The predicted octanol–water partition coefficient (Wildman–Crippen LogP) is 9.78. The number of hydrogen-bond donors (Lipinski definition) is 0. The molecule has 0 N–H and O–H groups in total. The van der Waals surface area contributed by atoms with E-state index in [1.807, 2.05) is 0 Å². The Bertz CT molecular complexity index is 1840. The topological polar surface area (TPSA) is 4.93 Å². The van der Waals surface area contributed by atoms with Crippen molar-refractivity contribution in [2.24, 2.45) is 0 Å². The van der Waals surface area contributed by atoms with Crippen LogP contribution in [0.4, 0.5) is 0 Å². The van der Waals surface area contributed by atoms with Crippen LogP contribution in [0, 0.1) is 0 Å². The molecule has 6 aromatic carbocycles. The van der Waals surface area contributed by atoms with E-state index < -0.39 is 0 Å². The van der Waals surface area contributed by atoms with E-state index in [1.54, 1.807) is 0 Å². The fraction of sp³-hybridized carbons (Fsp3) is 0. The van der Waals surface area contributed by atoms with Gasteiger partial charge in [0.05, 0.1) is 16.7 Å². The lowest BCUT2D eigenvalue weighted by Gasteiger charge is -2.14. The molecule has 1 nitrogen and oxygen atoms in total. The lowest BCUT2D eigenvalue weighted by molar-refractivity contribution is 1.18. The van der Waals surface area contributed by atoms with Gasteiger partial charge in [-0.2, -0.15) is 0 Å². The Morgan fingerprint density at radius 2 is 0.838 bits per heavy atom. The van der Waals surface area contributed by atoms with Crippen LogP contribution in [-0.4, -0.2) is 4.57 Å². The van der Waals surface area contributed by atoms with Gasteiger partial charge in [-0.15, -0.1) is 0 Å². The standard InChI is InChI=1S/C36H25N/c1-3-11-26(12-4-1)27-19-21-28(22-20-27)30-23-24-33-32-16-8-10-18-35(32)37(36(33)25-30)34-17-9-7-15-31(34)29-13-5-2-6-14-29/h1-25H. The molecule has 0 atom stereocenters. The largest absolute Gasteiger partial charge is 0.309 e. The number of para-hydroxylation sites is 2. The van der Waals surface area contributed by atoms with Gasteiger partial charge >= 0.3 is 0 Å². The molecule has 7 aromatic rings. The van der Waals surface area contributed by atoms with Crippen molar-refractivity contribution in [2.75, 3.05) is 0 Å². The molecule has 0 aliphatic rings. The normalized spacial score (nSPS) is 11.2. The highest BCUT2D eigenvalue weighted by Crippen LogP contribution is 2.38. The molecule has 0 unspecified atom stereocenters. The van der Waals surface area contributed by atoms with Crippen molar-refractivity contribution in [2.45, 2.75) is 0 Å². The molecule has 0 saturated heterocycles. The van der Waals surface area contributed by atoms with Gasteiger partial charge in [0.25, 0.3) is 0 Å². The molecule has 0 aliphatic heterocycles. The van der Waals surface area contributed by atoms with E-state index >= 15 is 0 Å². The molecule has 1 aromatic heterocycles. The van der Waals surface area contributed by atoms with Crippen LogP contribution in [-0.2, 0) is 0 Å². The van der Waals surface area contributed by atoms with Gasteiger partial charge in [-0.25, -0.2) is 0 Å². The van der Waals surface area contributed by atoms with E-state index in [2.05, 4.69) is 156 Å². The van der Waals surface area contributed by atoms with Crippen LogP contribution in [0.25, 0.3) is 60.9 Å². The molecule has 37 heavy (non-hydrogen) atoms. The second-order valence-corrected chi connectivity index (χ2v) is 9.41. The minimum atomic E-state index is 1.19. The number of rotatable bonds is 4. The van der Waals surface area contributed by atoms with Crippen LogP contribution >= 0.6 is 0 Å². The summed E-state index contributed by atoms with van der Waals surface area (Å²) in [6, 6.07) is 54.4. The highest BCUT2D eigenvalue weighted by atomic mass is 15.0. The van der Waals surface area contributed by atoms with Crippen molar-refractivity contribution in [3.05, 3.63) is 152 Å². The van der Waals surface area contributed by atoms with Gasteiger partial charge in [-0.05, 0) is 46.0 Å². The van der Waals surface area contributed by atoms with Gasteiger partial charge in [0.15, 0.2) is 0 Å². The highest BCUT2D eigenvalue weighted by Gasteiger charge is 2.16. The van der Waals surface area contributed by atoms with Gasteiger partial charge in [0.1, 0.15) is 0 Å². The first-order chi connectivity index (χ1) is 18.4. The third-order valence-electron chi connectivity index (χ3n) is 7.23. The van der Waals surface area contributed by atoms with E-state index in [1.165, 1.54) is 60.9 Å². The van der Waals surface area contributed by atoms with E-state index in [4.69, 9.17) is 0 Å². The monoisotopic (exact) mass is 471 g/mol. The molecule has 0 spiro atoms. The van der Waals surface area contributed by atoms with Gasteiger partial charge in [-0.1, -0.05) is 133 Å². The fourth-order valence-electron chi connectivity index (χ4n) is 5.43. The number of benzene rings is 6. The van der Waals surface area contributed by atoms with Gasteiger partial charge in [0, 0.05) is 16.3 Å². The maximum Gasteiger partial charge on any atom is 0.0547 e. The second kappa shape index (κ2) is 8.96. The molecule has 0 amide bonds. The van der Waals surface area contributed by atoms with E-state index in [0.717, 1.165) is 0 Å². The highest BCUT2D eigenvalue weighted by molar-refractivity contribution is 6.10. The number of fused-ring (bicyclic) bond motifs is 3. The van der Waals surface area contributed by atoms with Crippen LogP contribution in [0.5, 0.6) is 0 Å². The van der Waals surface area contributed by atoms with Crippen molar-refractivity contribution in [1.29, 1.82) is 0 Å². The molecule has 1 heteroatoms. The summed E-state index contributed by atoms with van der Waals surface area (Å²) >= 11 is 0. The summed E-state index contributed by atoms with van der Waals surface area (Å²) in [4.78, 5) is 0. The Morgan fingerprint density at radius 1 is 0.324 bits per heavy atom. The van der Waals surface area contributed by atoms with E-state index in [-0.39, 0.29) is 0 Å². The number of aromatic nitrogens is 1. The lowest BCUT2D eigenvalue weighted by atomic mass is 9.99. The summed E-state index contributed by atoms with van der Waals surface area (Å²) in [5.74, 6) is 0. The molecule has 0 saturated carbocycles. The number of hydrogen-bond acceptors (Lipinski definition) is 0. The Morgan fingerprint density at radius 3 is 1.59 bits per heavy atom. The Balaban J connectivity index is 1.43. The van der Waals surface area contributed by atoms with Crippen molar-refractivity contribution < 1.29 is 0 Å². The van der Waals surface area contributed by atoms with Crippen molar-refractivity contribution in [3.8, 4) is 39.1 Å². The summed E-state index contributed by atoms with van der Waals surface area (Å²) in [5.41, 5.74) is 11.0. The molecular weight excluding hydrogens is 446 g/mol. The molecule has 174 valence electrons. The van der Waals surface area contributed by atoms with Crippen molar-refractivity contribution >= 4 is 21.8 Å². The van der Waals surface area contributed by atoms with Crippen LogP contribution in [0.2, 0.25) is 0 Å². The second-order valence-electron chi connectivity index (χ2n) is 9.41. The van der Waals surface area contributed by atoms with E-state index in [9.17, 15) is 0 Å². The first kappa shape index (κ1) is 21.4.